The van der Waals surface area contributed by atoms with Crippen LogP contribution in [0, 0.1) is 5.92 Å². The number of hydrogen-bond acceptors (Lipinski definition) is 3. The standard InChI is InChI=1S/C20H18BrN3O2S/c21-15-9-6-13(7-10-15)8-11-18(25)22-20(27)24-23-19(26)17-12-16(17)14-4-2-1-3-5-14/h1-11,16-17H,12H2,(H,23,26)(H2,22,24,25,27)/t16-,17+/m0/s1. The fraction of sp³-hybridized carbons (Fsp3) is 0.150. The minimum Gasteiger partial charge on any atom is -0.298 e. The Kier molecular flexibility index (Phi) is 6.36. The fourth-order valence-electron chi connectivity index (χ4n) is 2.70. The largest absolute Gasteiger partial charge is 0.298 e. The van der Waals surface area contributed by atoms with E-state index in [2.05, 4.69) is 32.1 Å². The van der Waals surface area contributed by atoms with Gasteiger partial charge in [0.05, 0.1) is 0 Å². The van der Waals surface area contributed by atoms with Crippen LogP contribution in [0.15, 0.2) is 65.1 Å². The SMILES string of the molecule is O=C(C=Cc1ccc(Br)cc1)NC(=S)NNC(=O)[C@@H]1C[C@H]1c1ccccc1. The van der Waals surface area contributed by atoms with Crippen molar-refractivity contribution in [2.75, 3.05) is 0 Å². The molecule has 0 aliphatic heterocycles. The van der Waals surface area contributed by atoms with E-state index < -0.39 is 0 Å². The van der Waals surface area contributed by atoms with E-state index >= 15 is 0 Å². The first-order valence-corrected chi connectivity index (χ1v) is 9.62. The molecule has 1 saturated carbocycles. The van der Waals surface area contributed by atoms with Gasteiger partial charge in [0.25, 0.3) is 0 Å². The van der Waals surface area contributed by atoms with Crippen LogP contribution in [0.2, 0.25) is 0 Å². The Hall–Kier alpha value is -2.51. The topological polar surface area (TPSA) is 70.2 Å². The summed E-state index contributed by atoms with van der Waals surface area (Å²) in [7, 11) is 0. The molecule has 2 aromatic carbocycles. The highest BCUT2D eigenvalue weighted by Crippen LogP contribution is 2.47. The van der Waals surface area contributed by atoms with E-state index in [-0.39, 0.29) is 28.8 Å². The lowest BCUT2D eigenvalue weighted by Crippen LogP contribution is -2.48. The molecule has 3 rings (SSSR count). The average molecular weight is 444 g/mol. The van der Waals surface area contributed by atoms with E-state index in [1.54, 1.807) is 6.08 Å². The van der Waals surface area contributed by atoms with Crippen LogP contribution >= 0.6 is 28.1 Å². The van der Waals surface area contributed by atoms with Gasteiger partial charge in [-0.3, -0.25) is 25.8 Å². The first kappa shape index (κ1) is 19.3. The second-order valence-corrected chi connectivity index (χ2v) is 7.50. The smallest absolute Gasteiger partial charge is 0.250 e. The Morgan fingerprint density at radius 3 is 2.44 bits per heavy atom. The third-order valence-electron chi connectivity index (χ3n) is 4.19. The van der Waals surface area contributed by atoms with Gasteiger partial charge in [-0.1, -0.05) is 58.4 Å². The molecule has 2 aromatic rings. The maximum Gasteiger partial charge on any atom is 0.250 e. The molecule has 0 aromatic heterocycles. The molecule has 1 fully saturated rings. The number of carbonyl (C=O) groups is 2. The average Bonchev–Trinajstić information content (AvgIpc) is 3.47. The summed E-state index contributed by atoms with van der Waals surface area (Å²) in [5, 5.41) is 2.54. The van der Waals surface area contributed by atoms with Gasteiger partial charge in [-0.15, -0.1) is 0 Å². The number of thiocarbonyl (C=S) groups is 1. The van der Waals surface area contributed by atoms with Crippen LogP contribution in [0.1, 0.15) is 23.5 Å². The van der Waals surface area contributed by atoms with Gasteiger partial charge in [-0.2, -0.15) is 0 Å². The fourth-order valence-corrected chi connectivity index (χ4v) is 3.11. The molecular formula is C20H18BrN3O2S. The van der Waals surface area contributed by atoms with Crippen LogP contribution in [0.4, 0.5) is 0 Å². The maximum atomic E-state index is 12.2. The Bertz CT molecular complexity index is 869. The molecular weight excluding hydrogens is 426 g/mol. The second-order valence-electron chi connectivity index (χ2n) is 6.18. The zero-order valence-electron chi connectivity index (χ0n) is 14.3. The van der Waals surface area contributed by atoms with Crippen molar-refractivity contribution in [3.8, 4) is 0 Å². The van der Waals surface area contributed by atoms with E-state index in [4.69, 9.17) is 12.2 Å². The van der Waals surface area contributed by atoms with Crippen molar-refractivity contribution >= 4 is 51.2 Å². The summed E-state index contributed by atoms with van der Waals surface area (Å²) in [6.07, 6.45) is 3.87. The van der Waals surface area contributed by atoms with Crippen molar-refractivity contribution < 1.29 is 9.59 Å². The van der Waals surface area contributed by atoms with Crippen molar-refractivity contribution in [3.05, 3.63) is 76.3 Å². The summed E-state index contributed by atoms with van der Waals surface area (Å²) in [6.45, 7) is 0. The Balaban J connectivity index is 1.40. The highest BCUT2D eigenvalue weighted by molar-refractivity contribution is 9.10. The summed E-state index contributed by atoms with van der Waals surface area (Å²) in [6, 6.07) is 17.5. The van der Waals surface area contributed by atoms with Gasteiger partial charge < -0.3 is 0 Å². The quantitative estimate of drug-likeness (QED) is 0.385. The first-order valence-electron chi connectivity index (χ1n) is 8.42. The molecule has 1 aliphatic carbocycles. The minimum atomic E-state index is -0.377. The zero-order chi connectivity index (χ0) is 19.2. The Morgan fingerprint density at radius 1 is 1.04 bits per heavy atom. The lowest BCUT2D eigenvalue weighted by molar-refractivity contribution is -0.123. The number of carbonyl (C=O) groups excluding carboxylic acids is 2. The highest BCUT2D eigenvalue weighted by Gasteiger charge is 2.43. The van der Waals surface area contributed by atoms with E-state index in [0.717, 1.165) is 22.0 Å². The van der Waals surface area contributed by atoms with Gasteiger partial charge in [-0.05, 0) is 53.9 Å². The molecule has 3 N–H and O–H groups in total. The van der Waals surface area contributed by atoms with Crippen molar-refractivity contribution in [3.63, 3.8) is 0 Å². The van der Waals surface area contributed by atoms with Crippen LogP contribution in [0.5, 0.6) is 0 Å². The van der Waals surface area contributed by atoms with Gasteiger partial charge >= 0.3 is 0 Å². The molecule has 1 aliphatic rings. The summed E-state index contributed by atoms with van der Waals surface area (Å²) in [5.41, 5.74) is 7.18. The molecule has 0 radical (unpaired) electrons. The molecule has 0 heterocycles. The number of hydrazine groups is 1. The van der Waals surface area contributed by atoms with E-state index in [1.165, 1.54) is 6.08 Å². The number of benzene rings is 2. The molecule has 138 valence electrons. The lowest BCUT2D eigenvalue weighted by atomic mass is 10.1. The van der Waals surface area contributed by atoms with E-state index in [9.17, 15) is 9.59 Å². The molecule has 2 atom stereocenters. The van der Waals surface area contributed by atoms with Crippen molar-refractivity contribution in [1.82, 2.24) is 16.2 Å². The van der Waals surface area contributed by atoms with Crippen LogP contribution in [0.25, 0.3) is 6.08 Å². The Morgan fingerprint density at radius 2 is 1.74 bits per heavy atom. The van der Waals surface area contributed by atoms with E-state index in [1.807, 2.05) is 54.6 Å². The van der Waals surface area contributed by atoms with E-state index in [0.29, 0.717) is 0 Å². The lowest BCUT2D eigenvalue weighted by Gasteiger charge is -2.09. The summed E-state index contributed by atoms with van der Waals surface area (Å²) in [5.74, 6) is -0.343. The second kappa shape index (κ2) is 8.92. The predicted molar refractivity (Wildman–Crippen MR) is 112 cm³/mol. The number of hydrogen-bond donors (Lipinski definition) is 3. The van der Waals surface area contributed by atoms with Gasteiger partial charge in [0.15, 0.2) is 5.11 Å². The first-order chi connectivity index (χ1) is 13.0. The van der Waals surface area contributed by atoms with Crippen LogP contribution in [-0.4, -0.2) is 16.9 Å². The van der Waals surface area contributed by atoms with Crippen LogP contribution in [-0.2, 0) is 9.59 Å². The third kappa shape index (κ3) is 5.74. The minimum absolute atomic E-state index is 0.0470. The molecule has 0 unspecified atom stereocenters. The van der Waals surface area contributed by atoms with Crippen molar-refractivity contribution in [1.29, 1.82) is 0 Å². The predicted octanol–water partition coefficient (Wildman–Crippen LogP) is 3.29. The van der Waals surface area contributed by atoms with Crippen LogP contribution in [0.3, 0.4) is 0 Å². The normalized spacial score (nSPS) is 18.0. The van der Waals surface area contributed by atoms with Crippen molar-refractivity contribution in [2.45, 2.75) is 12.3 Å². The number of nitrogens with one attached hydrogen (secondary N) is 3. The maximum absolute atomic E-state index is 12.2. The number of amides is 2. The number of halogens is 1. The van der Waals surface area contributed by atoms with Gasteiger partial charge in [-0.25, -0.2) is 0 Å². The third-order valence-corrected chi connectivity index (χ3v) is 4.92. The van der Waals surface area contributed by atoms with Gasteiger partial charge in [0.1, 0.15) is 0 Å². The highest BCUT2D eigenvalue weighted by atomic mass is 79.9. The van der Waals surface area contributed by atoms with Crippen LogP contribution < -0.4 is 16.2 Å². The molecule has 7 heteroatoms. The molecule has 5 nitrogen and oxygen atoms in total. The molecule has 0 bridgehead atoms. The monoisotopic (exact) mass is 443 g/mol. The Labute approximate surface area is 171 Å². The van der Waals surface area contributed by atoms with Gasteiger partial charge in [0, 0.05) is 16.5 Å². The number of rotatable bonds is 4. The molecule has 27 heavy (non-hydrogen) atoms. The molecule has 2 amide bonds. The summed E-state index contributed by atoms with van der Waals surface area (Å²) in [4.78, 5) is 24.0. The van der Waals surface area contributed by atoms with Gasteiger partial charge in [0.2, 0.25) is 11.8 Å². The molecule has 0 spiro atoms. The summed E-state index contributed by atoms with van der Waals surface area (Å²) < 4.78 is 0.968. The summed E-state index contributed by atoms with van der Waals surface area (Å²) >= 11 is 8.38. The van der Waals surface area contributed by atoms with Crippen molar-refractivity contribution in [2.24, 2.45) is 5.92 Å². The zero-order valence-corrected chi connectivity index (χ0v) is 16.7. The molecule has 0 saturated heterocycles.